The van der Waals surface area contributed by atoms with Gasteiger partial charge in [0.05, 0.1) is 0 Å². The Kier molecular flexibility index (Phi) is 4.22. The molecule has 3 N–H and O–H groups in total. The van der Waals surface area contributed by atoms with Crippen LogP contribution in [0.4, 0.5) is 5.69 Å². The maximum Gasteiger partial charge on any atom is 0.329 e. The highest BCUT2D eigenvalue weighted by atomic mass is 16.4. The number of carboxylic acid groups (broad SMARTS) is 1. The minimum absolute atomic E-state index is 0.257. The van der Waals surface area contributed by atoms with Crippen LogP contribution >= 0.6 is 0 Å². The van der Waals surface area contributed by atoms with Crippen LogP contribution in [0.1, 0.15) is 43.1 Å². The fourth-order valence-corrected chi connectivity index (χ4v) is 2.53. The Bertz CT molecular complexity index is 510. The lowest BCUT2D eigenvalue weighted by Gasteiger charge is -2.26. The van der Waals surface area contributed by atoms with E-state index in [1.54, 1.807) is 12.1 Å². The molecule has 0 aromatic carbocycles. The number of hydrogen-bond acceptors (Lipinski definition) is 4. The molecule has 1 aromatic rings. The van der Waals surface area contributed by atoms with Crippen LogP contribution in [0.2, 0.25) is 0 Å². The van der Waals surface area contributed by atoms with Gasteiger partial charge in [-0.25, -0.2) is 4.79 Å². The number of carboxylic acids is 1. The predicted molar refractivity (Wildman–Crippen MR) is 74.7 cm³/mol. The summed E-state index contributed by atoms with van der Waals surface area (Å²) in [5, 5.41) is 15.2. The Balaban J connectivity index is 2.19. The van der Waals surface area contributed by atoms with Crippen molar-refractivity contribution in [3.63, 3.8) is 0 Å². The normalized spacial score (nSPS) is 16.6. The van der Waals surface area contributed by atoms with Crippen LogP contribution in [0, 0.1) is 0 Å². The van der Waals surface area contributed by atoms with Crippen LogP contribution < -0.4 is 10.6 Å². The van der Waals surface area contributed by atoms with E-state index < -0.39 is 11.5 Å². The number of aromatic nitrogens is 1. The molecule has 6 heteroatoms. The molecule has 1 amide bonds. The molecule has 0 saturated heterocycles. The first-order valence-corrected chi connectivity index (χ1v) is 6.83. The second kappa shape index (κ2) is 5.90. The molecule has 1 aliphatic carbocycles. The largest absolute Gasteiger partial charge is 0.480 e. The molecule has 1 aliphatic rings. The first-order valence-electron chi connectivity index (χ1n) is 6.83. The van der Waals surface area contributed by atoms with Crippen LogP contribution in [0.3, 0.4) is 0 Å². The van der Waals surface area contributed by atoms with E-state index in [0.717, 1.165) is 12.8 Å². The summed E-state index contributed by atoms with van der Waals surface area (Å²) in [6.07, 6.45) is 4.50. The molecule has 108 valence electrons. The van der Waals surface area contributed by atoms with Gasteiger partial charge in [0.1, 0.15) is 11.2 Å². The van der Waals surface area contributed by atoms with E-state index in [4.69, 9.17) is 0 Å². The molecule has 20 heavy (non-hydrogen) atoms. The number of hydrogen-bond donors (Lipinski definition) is 3. The van der Waals surface area contributed by atoms with Crippen molar-refractivity contribution in [3.8, 4) is 0 Å². The molecular formula is C14H19N3O3. The van der Waals surface area contributed by atoms with Gasteiger partial charge >= 0.3 is 5.97 Å². The number of amides is 1. The van der Waals surface area contributed by atoms with Gasteiger partial charge in [-0.1, -0.05) is 12.8 Å². The monoisotopic (exact) mass is 277 g/mol. The summed E-state index contributed by atoms with van der Waals surface area (Å²) in [5.41, 5.74) is -0.0132. The molecule has 1 aromatic heterocycles. The predicted octanol–water partition coefficient (Wildman–Crippen LogP) is 1.64. The Morgan fingerprint density at radius 2 is 2.10 bits per heavy atom. The molecular weight excluding hydrogens is 258 g/mol. The van der Waals surface area contributed by atoms with E-state index in [1.807, 2.05) is 6.92 Å². The molecule has 2 rings (SSSR count). The molecule has 1 saturated carbocycles. The van der Waals surface area contributed by atoms with Gasteiger partial charge < -0.3 is 15.7 Å². The Labute approximate surface area is 117 Å². The van der Waals surface area contributed by atoms with Crippen molar-refractivity contribution in [2.75, 3.05) is 11.9 Å². The SMILES string of the molecule is CCNC(=O)c1cc(NC2(C(=O)O)CCCC2)ccn1. The van der Waals surface area contributed by atoms with Crippen LogP contribution in [0.5, 0.6) is 0 Å². The molecule has 6 nitrogen and oxygen atoms in total. The van der Waals surface area contributed by atoms with Crippen LogP contribution in [0.15, 0.2) is 18.3 Å². The van der Waals surface area contributed by atoms with Crippen molar-refractivity contribution in [1.29, 1.82) is 0 Å². The van der Waals surface area contributed by atoms with E-state index in [9.17, 15) is 14.7 Å². The van der Waals surface area contributed by atoms with E-state index in [1.165, 1.54) is 6.20 Å². The molecule has 0 spiro atoms. The average molecular weight is 277 g/mol. The lowest BCUT2D eigenvalue weighted by Crippen LogP contribution is -2.43. The van der Waals surface area contributed by atoms with Gasteiger partial charge in [0, 0.05) is 18.4 Å². The number of carbonyl (C=O) groups excluding carboxylic acids is 1. The zero-order valence-corrected chi connectivity index (χ0v) is 11.5. The van der Waals surface area contributed by atoms with E-state index in [0.29, 0.717) is 25.1 Å². The van der Waals surface area contributed by atoms with Crippen LogP contribution in [-0.2, 0) is 4.79 Å². The third-order valence-corrected chi connectivity index (χ3v) is 3.58. The van der Waals surface area contributed by atoms with Crippen molar-refractivity contribution in [2.24, 2.45) is 0 Å². The van der Waals surface area contributed by atoms with Gasteiger partial charge in [0.25, 0.3) is 5.91 Å². The number of nitrogens with zero attached hydrogens (tertiary/aromatic N) is 1. The Hall–Kier alpha value is -2.11. The van der Waals surface area contributed by atoms with Crippen molar-refractivity contribution in [2.45, 2.75) is 38.1 Å². The second-order valence-corrected chi connectivity index (χ2v) is 5.01. The number of nitrogens with one attached hydrogen (secondary N) is 2. The van der Waals surface area contributed by atoms with Gasteiger partial charge in [-0.15, -0.1) is 0 Å². The van der Waals surface area contributed by atoms with Gasteiger partial charge in [0.15, 0.2) is 0 Å². The lowest BCUT2D eigenvalue weighted by atomic mass is 9.97. The number of anilines is 1. The van der Waals surface area contributed by atoms with Gasteiger partial charge in [-0.3, -0.25) is 9.78 Å². The highest BCUT2D eigenvalue weighted by Gasteiger charge is 2.41. The second-order valence-electron chi connectivity index (χ2n) is 5.01. The van der Waals surface area contributed by atoms with E-state index in [2.05, 4.69) is 15.6 Å². The maximum atomic E-state index is 11.7. The molecule has 1 fully saturated rings. The first-order chi connectivity index (χ1) is 9.57. The third-order valence-electron chi connectivity index (χ3n) is 3.58. The van der Waals surface area contributed by atoms with E-state index >= 15 is 0 Å². The zero-order chi connectivity index (χ0) is 14.6. The maximum absolute atomic E-state index is 11.7. The summed E-state index contributed by atoms with van der Waals surface area (Å²) in [6.45, 7) is 2.36. The van der Waals surface area contributed by atoms with Crippen molar-refractivity contribution >= 4 is 17.6 Å². The van der Waals surface area contributed by atoms with Crippen LogP contribution in [-0.4, -0.2) is 34.1 Å². The minimum Gasteiger partial charge on any atom is -0.480 e. The number of pyridine rings is 1. The fourth-order valence-electron chi connectivity index (χ4n) is 2.53. The number of aliphatic carboxylic acids is 1. The summed E-state index contributed by atoms with van der Waals surface area (Å²) >= 11 is 0. The summed E-state index contributed by atoms with van der Waals surface area (Å²) in [4.78, 5) is 27.2. The smallest absolute Gasteiger partial charge is 0.329 e. The average Bonchev–Trinajstić information content (AvgIpc) is 2.89. The topological polar surface area (TPSA) is 91.3 Å². The summed E-state index contributed by atoms with van der Waals surface area (Å²) in [5.74, 6) is -1.10. The molecule has 0 aliphatic heterocycles. The third kappa shape index (κ3) is 2.89. The standard InChI is InChI=1S/C14H19N3O3/c1-2-15-12(18)11-9-10(5-8-16-11)17-14(13(19)20)6-3-4-7-14/h5,8-9H,2-4,6-7H2,1H3,(H,15,18)(H,16,17)(H,19,20). The summed E-state index contributed by atoms with van der Waals surface area (Å²) < 4.78 is 0. The van der Waals surface area contributed by atoms with Crippen molar-refractivity contribution in [1.82, 2.24) is 10.3 Å². The molecule has 1 heterocycles. The van der Waals surface area contributed by atoms with Gasteiger partial charge in [-0.2, -0.15) is 0 Å². The highest BCUT2D eigenvalue weighted by Crippen LogP contribution is 2.33. The first kappa shape index (κ1) is 14.3. The van der Waals surface area contributed by atoms with Crippen molar-refractivity contribution < 1.29 is 14.7 Å². The Morgan fingerprint density at radius 3 is 2.70 bits per heavy atom. The van der Waals surface area contributed by atoms with E-state index in [-0.39, 0.29) is 11.6 Å². The molecule has 0 unspecified atom stereocenters. The zero-order valence-electron chi connectivity index (χ0n) is 11.5. The van der Waals surface area contributed by atoms with Gasteiger partial charge in [0.2, 0.25) is 0 Å². The number of carbonyl (C=O) groups is 2. The molecule has 0 bridgehead atoms. The molecule has 0 radical (unpaired) electrons. The van der Waals surface area contributed by atoms with Crippen LogP contribution in [0.25, 0.3) is 0 Å². The highest BCUT2D eigenvalue weighted by molar-refractivity contribution is 5.93. The summed E-state index contributed by atoms with van der Waals surface area (Å²) in [6, 6.07) is 3.28. The fraction of sp³-hybridized carbons (Fsp3) is 0.500. The van der Waals surface area contributed by atoms with Crippen molar-refractivity contribution in [3.05, 3.63) is 24.0 Å². The quantitative estimate of drug-likeness (QED) is 0.761. The molecule has 0 atom stereocenters. The Morgan fingerprint density at radius 1 is 1.40 bits per heavy atom. The minimum atomic E-state index is -0.917. The summed E-state index contributed by atoms with van der Waals surface area (Å²) in [7, 11) is 0. The van der Waals surface area contributed by atoms with Gasteiger partial charge in [-0.05, 0) is 31.9 Å². The number of rotatable bonds is 5. The lowest BCUT2D eigenvalue weighted by molar-refractivity contribution is -0.142.